The Morgan fingerprint density at radius 1 is 1.12 bits per heavy atom. The summed E-state index contributed by atoms with van der Waals surface area (Å²) in [6, 6.07) is 11.7. The molecule has 5 heteroatoms. The number of anilines is 1. The first-order valence-electron chi connectivity index (χ1n) is 7.92. The molecule has 1 aliphatic carbocycles. The van der Waals surface area contributed by atoms with Crippen molar-refractivity contribution in [3.63, 3.8) is 0 Å². The smallest absolute Gasteiger partial charge is 0.335 e. The molecule has 0 spiro atoms. The van der Waals surface area contributed by atoms with Crippen molar-refractivity contribution in [2.75, 3.05) is 5.73 Å². The molecule has 0 saturated carbocycles. The molecule has 4 rings (SSSR count). The lowest BCUT2D eigenvalue weighted by molar-refractivity contribution is 0.0697. The minimum absolute atomic E-state index is 0.0341. The van der Waals surface area contributed by atoms with Gasteiger partial charge < -0.3 is 15.3 Å². The standard InChI is InChI=1S/C20H15NO4/c21-14-6-8-17-16(10-14)18(22)15-7-5-13(19(15)25-17)9-11-1-3-12(4-2-11)20(23)24/h1-4,6,8-10H,5,7,21H2,(H,23,24)/b13-9+. The first-order valence-corrected chi connectivity index (χ1v) is 7.92. The zero-order chi connectivity index (χ0) is 17.6. The van der Waals surface area contributed by atoms with Gasteiger partial charge in [0, 0.05) is 11.3 Å². The van der Waals surface area contributed by atoms with Gasteiger partial charge >= 0.3 is 5.97 Å². The zero-order valence-electron chi connectivity index (χ0n) is 13.3. The number of rotatable bonds is 2. The molecular weight excluding hydrogens is 318 g/mol. The van der Waals surface area contributed by atoms with Crippen molar-refractivity contribution in [3.05, 3.63) is 75.1 Å². The van der Waals surface area contributed by atoms with E-state index in [9.17, 15) is 9.59 Å². The van der Waals surface area contributed by atoms with E-state index in [-0.39, 0.29) is 11.0 Å². The molecule has 0 radical (unpaired) electrons. The largest absolute Gasteiger partial charge is 0.478 e. The number of allylic oxidation sites excluding steroid dienone is 1. The zero-order valence-corrected chi connectivity index (χ0v) is 13.3. The molecule has 25 heavy (non-hydrogen) atoms. The second-order valence-electron chi connectivity index (χ2n) is 6.09. The monoisotopic (exact) mass is 333 g/mol. The molecule has 124 valence electrons. The Kier molecular flexibility index (Phi) is 3.42. The van der Waals surface area contributed by atoms with Gasteiger partial charge in [-0.25, -0.2) is 4.79 Å². The van der Waals surface area contributed by atoms with Gasteiger partial charge in [0.05, 0.1) is 10.9 Å². The molecule has 0 fully saturated rings. The lowest BCUT2D eigenvalue weighted by atomic mass is 10.1. The first kappa shape index (κ1) is 15.2. The van der Waals surface area contributed by atoms with E-state index in [2.05, 4.69) is 0 Å². The molecule has 1 aromatic heterocycles. The maximum absolute atomic E-state index is 12.7. The molecule has 0 aliphatic heterocycles. The Balaban J connectivity index is 1.81. The topological polar surface area (TPSA) is 93.5 Å². The van der Waals surface area contributed by atoms with Crippen LogP contribution < -0.4 is 11.2 Å². The molecule has 0 unspecified atom stereocenters. The third kappa shape index (κ3) is 2.59. The Morgan fingerprint density at radius 2 is 1.88 bits per heavy atom. The van der Waals surface area contributed by atoms with Gasteiger partial charge in [0.1, 0.15) is 11.3 Å². The van der Waals surface area contributed by atoms with Crippen molar-refractivity contribution in [2.24, 2.45) is 0 Å². The SMILES string of the molecule is Nc1ccc2oc3c(c(=O)c2c1)CC/C3=C\c1ccc(C(=O)O)cc1. The number of carboxylic acids is 1. The molecule has 0 amide bonds. The first-order chi connectivity index (χ1) is 12.0. The highest BCUT2D eigenvalue weighted by atomic mass is 16.4. The minimum Gasteiger partial charge on any atom is -0.478 e. The highest BCUT2D eigenvalue weighted by Gasteiger charge is 2.23. The van der Waals surface area contributed by atoms with E-state index in [4.69, 9.17) is 15.3 Å². The minimum atomic E-state index is -0.956. The Bertz CT molecular complexity index is 1090. The number of hydrogen-bond acceptors (Lipinski definition) is 4. The van der Waals surface area contributed by atoms with Gasteiger partial charge in [-0.15, -0.1) is 0 Å². The van der Waals surface area contributed by atoms with Crippen molar-refractivity contribution in [3.8, 4) is 0 Å². The fourth-order valence-corrected chi connectivity index (χ4v) is 3.17. The van der Waals surface area contributed by atoms with E-state index < -0.39 is 5.97 Å². The van der Waals surface area contributed by atoms with Crippen LogP contribution in [0.5, 0.6) is 0 Å². The van der Waals surface area contributed by atoms with Crippen LogP contribution in [0.15, 0.2) is 51.7 Å². The highest BCUT2D eigenvalue weighted by Crippen LogP contribution is 2.34. The van der Waals surface area contributed by atoms with Gasteiger partial charge in [0.2, 0.25) is 0 Å². The lowest BCUT2D eigenvalue weighted by Gasteiger charge is -2.05. The molecule has 2 aromatic carbocycles. The summed E-state index contributed by atoms with van der Waals surface area (Å²) in [4.78, 5) is 23.6. The van der Waals surface area contributed by atoms with Gasteiger partial charge in [-0.05, 0) is 60.4 Å². The van der Waals surface area contributed by atoms with Gasteiger partial charge in [-0.2, -0.15) is 0 Å². The number of hydrogen-bond donors (Lipinski definition) is 2. The van der Waals surface area contributed by atoms with Crippen molar-refractivity contribution < 1.29 is 14.3 Å². The predicted octanol–water partition coefficient (Wildman–Crippen LogP) is 3.56. The number of fused-ring (bicyclic) bond motifs is 2. The maximum atomic E-state index is 12.7. The number of nitrogens with two attached hydrogens (primary N) is 1. The van der Waals surface area contributed by atoms with Crippen LogP contribution >= 0.6 is 0 Å². The summed E-state index contributed by atoms with van der Waals surface area (Å²) in [6.07, 6.45) is 3.27. The molecule has 1 heterocycles. The summed E-state index contributed by atoms with van der Waals surface area (Å²) in [5.74, 6) is -0.341. The molecule has 0 bridgehead atoms. The third-order valence-corrected chi connectivity index (χ3v) is 4.44. The second-order valence-corrected chi connectivity index (χ2v) is 6.09. The van der Waals surface area contributed by atoms with Crippen molar-refractivity contribution >= 4 is 34.3 Å². The molecule has 0 atom stereocenters. The van der Waals surface area contributed by atoms with Crippen LogP contribution in [0.1, 0.15) is 33.7 Å². The van der Waals surface area contributed by atoms with E-state index in [1.165, 1.54) is 0 Å². The summed E-state index contributed by atoms with van der Waals surface area (Å²) in [7, 11) is 0. The maximum Gasteiger partial charge on any atom is 0.335 e. The predicted molar refractivity (Wildman–Crippen MR) is 96.5 cm³/mol. The number of carbonyl (C=O) groups is 1. The number of nitrogen functional groups attached to an aromatic ring is 1. The van der Waals surface area contributed by atoms with Gasteiger partial charge in [0.25, 0.3) is 0 Å². The van der Waals surface area contributed by atoms with Crippen LogP contribution in [0, 0.1) is 0 Å². The second kappa shape index (κ2) is 5.63. The fraction of sp³-hybridized carbons (Fsp3) is 0.100. The normalized spacial score (nSPS) is 14.8. The van der Waals surface area contributed by atoms with Crippen LogP contribution in [0.3, 0.4) is 0 Å². The van der Waals surface area contributed by atoms with Crippen LogP contribution in [0.4, 0.5) is 5.69 Å². The molecule has 1 aliphatic rings. The summed E-state index contributed by atoms with van der Waals surface area (Å²) in [5, 5.41) is 9.47. The lowest BCUT2D eigenvalue weighted by Crippen LogP contribution is -2.08. The van der Waals surface area contributed by atoms with Crippen LogP contribution in [-0.4, -0.2) is 11.1 Å². The van der Waals surface area contributed by atoms with E-state index in [0.29, 0.717) is 40.8 Å². The van der Waals surface area contributed by atoms with Crippen LogP contribution in [0.2, 0.25) is 0 Å². The molecule has 5 nitrogen and oxygen atoms in total. The number of benzene rings is 2. The molecule has 3 aromatic rings. The van der Waals surface area contributed by atoms with E-state index in [1.54, 1.807) is 42.5 Å². The summed E-state index contributed by atoms with van der Waals surface area (Å²) in [5.41, 5.74) is 9.51. The average molecular weight is 333 g/mol. The average Bonchev–Trinajstić information content (AvgIpc) is 2.99. The third-order valence-electron chi connectivity index (χ3n) is 4.44. The van der Waals surface area contributed by atoms with E-state index in [1.807, 2.05) is 6.08 Å². The number of aromatic carboxylic acids is 1. The van der Waals surface area contributed by atoms with Crippen molar-refractivity contribution in [2.45, 2.75) is 12.8 Å². The highest BCUT2D eigenvalue weighted by molar-refractivity contribution is 5.90. The number of carboxylic acid groups (broad SMARTS) is 1. The van der Waals surface area contributed by atoms with Gasteiger partial charge in [0.15, 0.2) is 5.43 Å². The quantitative estimate of drug-likeness (QED) is 0.699. The van der Waals surface area contributed by atoms with Gasteiger partial charge in [-0.3, -0.25) is 4.79 Å². The van der Waals surface area contributed by atoms with Crippen LogP contribution in [0.25, 0.3) is 22.6 Å². The van der Waals surface area contributed by atoms with Gasteiger partial charge in [-0.1, -0.05) is 12.1 Å². The molecular formula is C20H15NO4. The summed E-state index contributed by atoms with van der Waals surface area (Å²) < 4.78 is 5.97. The van der Waals surface area contributed by atoms with Crippen molar-refractivity contribution in [1.29, 1.82) is 0 Å². The Labute approximate surface area is 143 Å². The van der Waals surface area contributed by atoms with E-state index >= 15 is 0 Å². The Hall–Kier alpha value is -3.34. The fourth-order valence-electron chi connectivity index (χ4n) is 3.17. The van der Waals surface area contributed by atoms with Crippen LogP contribution in [-0.2, 0) is 6.42 Å². The summed E-state index contributed by atoms with van der Waals surface area (Å²) in [6.45, 7) is 0. The molecule has 0 saturated heterocycles. The van der Waals surface area contributed by atoms with Crippen molar-refractivity contribution in [1.82, 2.24) is 0 Å². The van der Waals surface area contributed by atoms with E-state index in [0.717, 1.165) is 11.1 Å². The Morgan fingerprint density at radius 3 is 2.60 bits per heavy atom. The molecule has 3 N–H and O–H groups in total. The summed E-state index contributed by atoms with van der Waals surface area (Å²) >= 11 is 0.